The summed E-state index contributed by atoms with van der Waals surface area (Å²) in [5.74, 6) is 1.92. The van der Waals surface area contributed by atoms with E-state index < -0.39 is 5.82 Å². The summed E-state index contributed by atoms with van der Waals surface area (Å²) in [4.78, 5) is 9.48. The van der Waals surface area contributed by atoms with Crippen molar-refractivity contribution in [3.8, 4) is 11.5 Å². The maximum Gasteiger partial charge on any atom is 0.231 e. The average molecular weight is 476 g/mol. The number of guanidine groups is 1. The minimum atomic E-state index is -0.442. The van der Waals surface area contributed by atoms with E-state index in [9.17, 15) is 4.39 Å². The Morgan fingerprint density at radius 2 is 1.88 bits per heavy atom. The molecule has 1 fully saturated rings. The molecule has 0 aromatic heterocycles. The normalized spacial score (nSPS) is 16.9. The molecule has 33 heavy (non-hydrogen) atoms. The van der Waals surface area contributed by atoms with Gasteiger partial charge in [0.1, 0.15) is 5.82 Å². The van der Waals surface area contributed by atoms with Crippen molar-refractivity contribution in [1.82, 2.24) is 9.80 Å². The first-order valence-electron chi connectivity index (χ1n) is 11.2. The van der Waals surface area contributed by atoms with Crippen LogP contribution in [0.15, 0.2) is 41.4 Å². The van der Waals surface area contributed by atoms with Gasteiger partial charge < -0.3 is 25.4 Å². The maximum absolute atomic E-state index is 13.6. The van der Waals surface area contributed by atoms with Gasteiger partial charge in [0.15, 0.2) is 17.5 Å². The first-order chi connectivity index (χ1) is 15.8. The highest BCUT2D eigenvalue weighted by Crippen LogP contribution is 2.33. The lowest BCUT2D eigenvalue weighted by Gasteiger charge is -2.37. The number of nitrogens with two attached hydrogens (primary N) is 1. The van der Waals surface area contributed by atoms with E-state index in [1.54, 1.807) is 12.1 Å². The van der Waals surface area contributed by atoms with E-state index in [1.807, 2.05) is 6.07 Å². The van der Waals surface area contributed by atoms with Gasteiger partial charge in [-0.3, -0.25) is 9.89 Å². The minimum absolute atomic E-state index is 0.0789. The summed E-state index contributed by atoms with van der Waals surface area (Å²) in [7, 11) is 0. The molecule has 4 rings (SSSR count). The zero-order chi connectivity index (χ0) is 23.4. The third kappa shape index (κ3) is 6.07. The number of piperazine rings is 1. The second-order valence-corrected chi connectivity index (χ2v) is 9.62. The molecule has 1 saturated heterocycles. The number of anilines is 1. The molecule has 3 N–H and O–H groups in total. The summed E-state index contributed by atoms with van der Waals surface area (Å²) in [6.07, 6.45) is 0. The van der Waals surface area contributed by atoms with Crippen LogP contribution in [0.2, 0.25) is 5.02 Å². The predicted octanol–water partition coefficient (Wildman–Crippen LogP) is 3.78. The third-order valence-electron chi connectivity index (χ3n) is 5.90. The third-order valence-corrected chi connectivity index (χ3v) is 6.19. The van der Waals surface area contributed by atoms with Gasteiger partial charge in [-0.25, -0.2) is 4.39 Å². The molecule has 0 aliphatic carbocycles. The minimum Gasteiger partial charge on any atom is -0.454 e. The highest BCUT2D eigenvalue weighted by Gasteiger charge is 2.23. The quantitative estimate of drug-likeness (QED) is 0.489. The second kappa shape index (κ2) is 10.2. The molecular formula is C24H31ClFN5O2. The number of nitrogens with zero attached hydrogens (tertiary/aromatic N) is 3. The highest BCUT2D eigenvalue weighted by atomic mass is 35.5. The number of ether oxygens (including phenoxy) is 2. The molecule has 0 spiro atoms. The van der Waals surface area contributed by atoms with Crippen molar-refractivity contribution < 1.29 is 13.9 Å². The van der Waals surface area contributed by atoms with E-state index in [4.69, 9.17) is 31.8 Å². The summed E-state index contributed by atoms with van der Waals surface area (Å²) in [5, 5.41) is 3.42. The van der Waals surface area contributed by atoms with Crippen molar-refractivity contribution in [2.24, 2.45) is 16.1 Å². The van der Waals surface area contributed by atoms with E-state index in [1.165, 1.54) is 11.6 Å². The molecule has 0 amide bonds. The Bertz CT molecular complexity index is 1010. The lowest BCUT2D eigenvalue weighted by Crippen LogP contribution is -2.50. The molecule has 2 aliphatic rings. The van der Waals surface area contributed by atoms with Gasteiger partial charge in [-0.15, -0.1) is 0 Å². The van der Waals surface area contributed by atoms with Gasteiger partial charge in [0.25, 0.3) is 0 Å². The summed E-state index contributed by atoms with van der Waals surface area (Å²) in [6, 6.07) is 10.7. The number of aliphatic imine (C=N–C) groups is 1. The van der Waals surface area contributed by atoms with Gasteiger partial charge in [0, 0.05) is 45.0 Å². The van der Waals surface area contributed by atoms with Crippen LogP contribution in [0, 0.1) is 11.2 Å². The van der Waals surface area contributed by atoms with Crippen molar-refractivity contribution in [3.63, 3.8) is 0 Å². The fraction of sp³-hybridized carbons (Fsp3) is 0.458. The molecule has 2 aromatic carbocycles. The zero-order valence-electron chi connectivity index (χ0n) is 19.1. The number of fused-ring (bicyclic) bond motifs is 1. The Balaban J connectivity index is 1.41. The molecule has 2 heterocycles. The van der Waals surface area contributed by atoms with E-state index in [0.717, 1.165) is 50.2 Å². The SMILES string of the molecule is CC(C)(CN)CN=C(Nc1ccc(F)c(Cl)c1)N1CCN(Cc2ccc3c(c2)OCO3)CC1. The molecule has 0 atom stereocenters. The van der Waals surface area contributed by atoms with Crippen LogP contribution in [0.1, 0.15) is 19.4 Å². The largest absolute Gasteiger partial charge is 0.454 e. The Morgan fingerprint density at radius 1 is 1.12 bits per heavy atom. The van der Waals surface area contributed by atoms with Crippen molar-refractivity contribution in [2.75, 3.05) is 51.4 Å². The van der Waals surface area contributed by atoms with Crippen molar-refractivity contribution in [3.05, 3.63) is 52.8 Å². The molecule has 0 radical (unpaired) electrons. The number of benzene rings is 2. The van der Waals surface area contributed by atoms with Gasteiger partial charge in [-0.05, 0) is 47.9 Å². The van der Waals surface area contributed by atoms with Gasteiger partial charge in [0.05, 0.1) is 5.02 Å². The van der Waals surface area contributed by atoms with Crippen LogP contribution in [0.25, 0.3) is 0 Å². The van der Waals surface area contributed by atoms with Crippen LogP contribution in [-0.4, -0.2) is 61.8 Å². The standard InChI is InChI=1S/C24H31ClFN5O2/c1-24(2,14-27)15-28-23(29-18-4-5-20(26)19(25)12-18)31-9-7-30(8-10-31)13-17-3-6-21-22(11-17)33-16-32-21/h3-6,11-12H,7-10,13-16,27H2,1-2H3,(H,28,29). The van der Waals surface area contributed by atoms with Crippen molar-refractivity contribution in [1.29, 1.82) is 0 Å². The number of nitrogens with one attached hydrogen (secondary N) is 1. The first-order valence-corrected chi connectivity index (χ1v) is 11.5. The van der Waals surface area contributed by atoms with E-state index >= 15 is 0 Å². The van der Waals surface area contributed by atoms with E-state index in [-0.39, 0.29) is 17.2 Å². The van der Waals surface area contributed by atoms with Crippen LogP contribution in [0.5, 0.6) is 11.5 Å². The molecule has 2 aromatic rings. The molecule has 0 bridgehead atoms. The molecule has 0 unspecified atom stereocenters. The molecule has 2 aliphatic heterocycles. The second-order valence-electron chi connectivity index (χ2n) is 9.21. The van der Waals surface area contributed by atoms with Crippen LogP contribution in [0.3, 0.4) is 0 Å². The van der Waals surface area contributed by atoms with Gasteiger partial charge in [0.2, 0.25) is 6.79 Å². The van der Waals surface area contributed by atoms with Crippen molar-refractivity contribution in [2.45, 2.75) is 20.4 Å². The van der Waals surface area contributed by atoms with Crippen LogP contribution in [0.4, 0.5) is 10.1 Å². The number of hydrogen-bond acceptors (Lipinski definition) is 5. The monoisotopic (exact) mass is 475 g/mol. The molecule has 0 saturated carbocycles. The fourth-order valence-electron chi connectivity index (χ4n) is 3.69. The van der Waals surface area contributed by atoms with E-state index in [0.29, 0.717) is 18.8 Å². The molecule has 7 nitrogen and oxygen atoms in total. The number of hydrogen-bond donors (Lipinski definition) is 2. The maximum atomic E-state index is 13.6. The summed E-state index contributed by atoms with van der Waals surface area (Å²) in [6.45, 7) is 9.83. The fourth-order valence-corrected chi connectivity index (χ4v) is 3.87. The number of halogens is 2. The van der Waals surface area contributed by atoms with Gasteiger partial charge in [-0.2, -0.15) is 0 Å². The predicted molar refractivity (Wildman–Crippen MR) is 130 cm³/mol. The lowest BCUT2D eigenvalue weighted by atomic mass is 9.94. The van der Waals surface area contributed by atoms with E-state index in [2.05, 4.69) is 41.1 Å². The van der Waals surface area contributed by atoms with Gasteiger partial charge >= 0.3 is 0 Å². The summed E-state index contributed by atoms with van der Waals surface area (Å²) < 4.78 is 24.5. The van der Waals surface area contributed by atoms with Crippen LogP contribution in [-0.2, 0) is 6.54 Å². The zero-order valence-corrected chi connectivity index (χ0v) is 19.9. The Kier molecular flexibility index (Phi) is 7.26. The van der Waals surface area contributed by atoms with Crippen LogP contribution >= 0.6 is 11.6 Å². The van der Waals surface area contributed by atoms with Crippen LogP contribution < -0.4 is 20.5 Å². The summed E-state index contributed by atoms with van der Waals surface area (Å²) >= 11 is 5.98. The average Bonchev–Trinajstić information content (AvgIpc) is 3.27. The molecule has 9 heteroatoms. The Hall–Kier alpha value is -2.55. The molecular weight excluding hydrogens is 445 g/mol. The topological polar surface area (TPSA) is 75.4 Å². The highest BCUT2D eigenvalue weighted by molar-refractivity contribution is 6.31. The Morgan fingerprint density at radius 3 is 2.61 bits per heavy atom. The van der Waals surface area contributed by atoms with Gasteiger partial charge in [-0.1, -0.05) is 31.5 Å². The smallest absolute Gasteiger partial charge is 0.231 e. The summed E-state index contributed by atoms with van der Waals surface area (Å²) in [5.41, 5.74) is 7.68. The van der Waals surface area contributed by atoms with Crippen molar-refractivity contribution >= 4 is 23.2 Å². The molecule has 178 valence electrons. The Labute approximate surface area is 199 Å². The lowest BCUT2D eigenvalue weighted by molar-refractivity contribution is 0.172. The first kappa shape index (κ1) is 23.6. The number of rotatable bonds is 6.